The minimum absolute atomic E-state index is 0.0533. The fourth-order valence-electron chi connectivity index (χ4n) is 3.40. The van der Waals surface area contributed by atoms with Gasteiger partial charge in [0.05, 0.1) is 14.2 Å². The maximum Gasteiger partial charge on any atom is 0.253 e. The molecule has 0 bridgehead atoms. The van der Waals surface area contributed by atoms with Crippen LogP contribution in [0.25, 0.3) is 11.1 Å². The van der Waals surface area contributed by atoms with E-state index < -0.39 is 0 Å². The molecule has 2 amide bonds. The number of nitrogens with zero attached hydrogens (tertiary/aromatic N) is 2. The van der Waals surface area contributed by atoms with Gasteiger partial charge in [-0.3, -0.25) is 9.59 Å². The van der Waals surface area contributed by atoms with Gasteiger partial charge in [-0.15, -0.1) is 0 Å². The lowest BCUT2D eigenvalue weighted by molar-refractivity contribution is 0.0764. The molecule has 2 rings (SSSR count). The minimum Gasteiger partial charge on any atom is -0.497 e. The van der Waals surface area contributed by atoms with Crippen LogP contribution >= 0.6 is 0 Å². The van der Waals surface area contributed by atoms with Gasteiger partial charge in [0, 0.05) is 37.3 Å². The average Bonchev–Trinajstić information content (AvgIpc) is 2.79. The molecule has 6 heteroatoms. The van der Waals surface area contributed by atoms with Gasteiger partial charge in [0.15, 0.2) is 0 Å². The van der Waals surface area contributed by atoms with Crippen LogP contribution < -0.4 is 9.47 Å². The first-order valence-electron chi connectivity index (χ1n) is 10.4. The Morgan fingerprint density at radius 1 is 0.633 bits per heavy atom. The summed E-state index contributed by atoms with van der Waals surface area (Å²) in [5, 5.41) is 0. The second kappa shape index (κ2) is 10.7. The summed E-state index contributed by atoms with van der Waals surface area (Å²) < 4.78 is 10.9. The monoisotopic (exact) mass is 412 g/mol. The van der Waals surface area contributed by atoms with E-state index in [0.717, 1.165) is 11.1 Å². The van der Waals surface area contributed by atoms with Crippen LogP contribution in [0, 0.1) is 0 Å². The molecule has 0 aromatic heterocycles. The second-order valence-electron chi connectivity index (χ2n) is 6.86. The molecule has 0 fully saturated rings. The van der Waals surface area contributed by atoms with Crippen LogP contribution in [0.5, 0.6) is 11.5 Å². The van der Waals surface area contributed by atoms with E-state index in [2.05, 4.69) is 0 Å². The van der Waals surface area contributed by atoms with E-state index in [1.807, 2.05) is 52.0 Å². The van der Waals surface area contributed by atoms with E-state index in [1.165, 1.54) is 0 Å². The van der Waals surface area contributed by atoms with E-state index in [9.17, 15) is 9.59 Å². The van der Waals surface area contributed by atoms with Crippen molar-refractivity contribution in [2.45, 2.75) is 27.7 Å². The Labute approximate surface area is 179 Å². The zero-order valence-electron chi connectivity index (χ0n) is 18.8. The lowest BCUT2D eigenvalue weighted by Gasteiger charge is -2.21. The molecule has 0 aliphatic heterocycles. The van der Waals surface area contributed by atoms with Crippen molar-refractivity contribution in [2.24, 2.45) is 0 Å². The molecule has 6 nitrogen and oxygen atoms in total. The van der Waals surface area contributed by atoms with Crippen LogP contribution in [0.2, 0.25) is 0 Å². The van der Waals surface area contributed by atoms with Crippen molar-refractivity contribution in [2.75, 3.05) is 40.4 Å². The molecule has 0 unspecified atom stereocenters. The third-order valence-corrected chi connectivity index (χ3v) is 5.21. The Kier molecular flexibility index (Phi) is 8.27. The highest BCUT2D eigenvalue weighted by Gasteiger charge is 2.18. The lowest BCUT2D eigenvalue weighted by atomic mass is 9.99. The number of carbonyl (C=O) groups excluding carboxylic acids is 2. The number of amides is 2. The van der Waals surface area contributed by atoms with Crippen LogP contribution in [0.4, 0.5) is 0 Å². The molecule has 0 aliphatic carbocycles. The first-order chi connectivity index (χ1) is 14.4. The predicted octanol–water partition coefficient (Wildman–Crippen LogP) is 4.33. The number of hydrogen-bond donors (Lipinski definition) is 0. The van der Waals surface area contributed by atoms with E-state index in [-0.39, 0.29) is 11.8 Å². The number of carbonyl (C=O) groups is 2. The molecular formula is C24H32N2O4. The summed E-state index contributed by atoms with van der Waals surface area (Å²) in [6.07, 6.45) is 0. The van der Waals surface area contributed by atoms with Gasteiger partial charge in [-0.25, -0.2) is 0 Å². The largest absolute Gasteiger partial charge is 0.497 e. The van der Waals surface area contributed by atoms with Gasteiger partial charge in [-0.2, -0.15) is 0 Å². The molecule has 2 aromatic rings. The van der Waals surface area contributed by atoms with Gasteiger partial charge >= 0.3 is 0 Å². The van der Waals surface area contributed by atoms with Crippen molar-refractivity contribution in [1.29, 1.82) is 0 Å². The Balaban J connectivity index is 2.59. The molecule has 0 aliphatic rings. The van der Waals surface area contributed by atoms with Gasteiger partial charge in [0.2, 0.25) is 0 Å². The summed E-state index contributed by atoms with van der Waals surface area (Å²) in [6.45, 7) is 10.3. The summed E-state index contributed by atoms with van der Waals surface area (Å²) in [5.74, 6) is 1.06. The predicted molar refractivity (Wildman–Crippen MR) is 119 cm³/mol. The maximum atomic E-state index is 12.9. The van der Waals surface area contributed by atoms with Crippen LogP contribution in [0.15, 0.2) is 36.4 Å². The molecule has 2 aromatic carbocycles. The summed E-state index contributed by atoms with van der Waals surface area (Å²) in [5.41, 5.74) is 2.68. The van der Waals surface area contributed by atoms with Crippen LogP contribution in [-0.2, 0) is 0 Å². The zero-order valence-corrected chi connectivity index (χ0v) is 18.8. The normalized spacial score (nSPS) is 10.5. The van der Waals surface area contributed by atoms with E-state index in [4.69, 9.17) is 9.47 Å². The topological polar surface area (TPSA) is 59.1 Å². The van der Waals surface area contributed by atoms with E-state index >= 15 is 0 Å². The smallest absolute Gasteiger partial charge is 0.253 e. The molecular weight excluding hydrogens is 380 g/mol. The Morgan fingerprint density at radius 3 is 1.23 bits per heavy atom. The molecule has 0 radical (unpaired) electrons. The summed E-state index contributed by atoms with van der Waals surface area (Å²) in [7, 11) is 3.15. The van der Waals surface area contributed by atoms with Gasteiger partial charge in [0.1, 0.15) is 11.5 Å². The van der Waals surface area contributed by atoms with Crippen LogP contribution in [0.1, 0.15) is 48.4 Å². The quantitative estimate of drug-likeness (QED) is 0.615. The summed E-state index contributed by atoms with van der Waals surface area (Å²) in [6, 6.07) is 10.9. The summed E-state index contributed by atoms with van der Waals surface area (Å²) >= 11 is 0. The third-order valence-electron chi connectivity index (χ3n) is 5.21. The van der Waals surface area contributed by atoms with Gasteiger partial charge in [-0.1, -0.05) is 0 Å². The fraction of sp³-hybridized carbons (Fsp3) is 0.417. The van der Waals surface area contributed by atoms with Crippen molar-refractivity contribution in [1.82, 2.24) is 9.80 Å². The number of ether oxygens (including phenoxy) is 2. The molecule has 0 spiro atoms. The number of benzene rings is 2. The second-order valence-corrected chi connectivity index (χ2v) is 6.86. The molecule has 162 valence electrons. The van der Waals surface area contributed by atoms with Gasteiger partial charge in [-0.05, 0) is 75.2 Å². The SMILES string of the molecule is CCN(CC)C(=O)c1cc(OC)cc(-c2cc(OC)cc(C(=O)N(CC)CC)c2)c1. The average molecular weight is 413 g/mol. The Bertz CT molecular complexity index is 813. The molecule has 0 atom stereocenters. The number of methoxy groups -OCH3 is 2. The Morgan fingerprint density at radius 2 is 0.967 bits per heavy atom. The number of rotatable bonds is 9. The maximum absolute atomic E-state index is 12.9. The summed E-state index contributed by atoms with van der Waals surface area (Å²) in [4.78, 5) is 29.3. The van der Waals surface area contributed by atoms with Crippen molar-refractivity contribution in [3.63, 3.8) is 0 Å². The highest BCUT2D eigenvalue weighted by molar-refractivity contribution is 5.98. The molecule has 30 heavy (non-hydrogen) atoms. The highest BCUT2D eigenvalue weighted by atomic mass is 16.5. The van der Waals surface area contributed by atoms with Crippen LogP contribution in [0.3, 0.4) is 0 Å². The fourth-order valence-corrected chi connectivity index (χ4v) is 3.40. The molecule has 0 heterocycles. The standard InChI is InChI=1S/C24H32N2O4/c1-7-25(8-2)23(27)19-11-17(13-21(15-19)29-5)18-12-20(16-22(14-18)30-6)24(28)26(9-3)10-4/h11-16H,7-10H2,1-6H3. The third kappa shape index (κ3) is 5.12. The molecule has 0 saturated heterocycles. The van der Waals surface area contributed by atoms with Crippen LogP contribution in [-0.4, -0.2) is 62.0 Å². The Hall–Kier alpha value is -3.02. The van der Waals surface area contributed by atoms with Crippen molar-refractivity contribution < 1.29 is 19.1 Å². The first-order valence-corrected chi connectivity index (χ1v) is 10.4. The van der Waals surface area contributed by atoms with E-state index in [1.54, 1.807) is 36.2 Å². The highest BCUT2D eigenvalue weighted by Crippen LogP contribution is 2.31. The first kappa shape index (κ1) is 23.3. The van der Waals surface area contributed by atoms with Crippen molar-refractivity contribution >= 4 is 11.8 Å². The van der Waals surface area contributed by atoms with Crippen molar-refractivity contribution in [3.05, 3.63) is 47.5 Å². The van der Waals surface area contributed by atoms with E-state index in [0.29, 0.717) is 48.8 Å². The molecule has 0 saturated carbocycles. The van der Waals surface area contributed by atoms with Crippen molar-refractivity contribution in [3.8, 4) is 22.6 Å². The van der Waals surface area contributed by atoms with Gasteiger partial charge < -0.3 is 19.3 Å². The zero-order chi connectivity index (χ0) is 22.3. The number of hydrogen-bond acceptors (Lipinski definition) is 4. The lowest BCUT2D eigenvalue weighted by Crippen LogP contribution is -2.30. The molecule has 0 N–H and O–H groups in total. The van der Waals surface area contributed by atoms with Gasteiger partial charge in [0.25, 0.3) is 11.8 Å². The minimum atomic E-state index is -0.0533.